The molecule has 2 fully saturated rings. The number of hydrogen-bond donors (Lipinski definition) is 3. The second-order valence-corrected chi connectivity index (χ2v) is 9.59. The highest BCUT2D eigenvalue weighted by atomic mass is 16.2. The third kappa shape index (κ3) is 4.30. The molecule has 6 rings (SSSR count). The number of imidazole rings is 1. The van der Waals surface area contributed by atoms with E-state index >= 15 is 0 Å². The zero-order valence-electron chi connectivity index (χ0n) is 20.0. The second-order valence-electron chi connectivity index (χ2n) is 9.59. The Morgan fingerprint density at radius 3 is 2.25 bits per heavy atom. The minimum Gasteiger partial charge on any atom is -0.366 e. The predicted molar refractivity (Wildman–Crippen MR) is 136 cm³/mol. The third-order valence-corrected chi connectivity index (χ3v) is 6.66. The van der Waals surface area contributed by atoms with Gasteiger partial charge in [0.15, 0.2) is 5.65 Å². The number of fused-ring (bicyclic) bond motifs is 1. The van der Waals surface area contributed by atoms with Gasteiger partial charge in [0.1, 0.15) is 17.2 Å². The molecular formula is C26H27N7O3. The molecule has 3 N–H and O–H groups in total. The van der Waals surface area contributed by atoms with E-state index in [9.17, 15) is 14.4 Å². The number of anilines is 1. The van der Waals surface area contributed by atoms with Gasteiger partial charge < -0.3 is 15.6 Å². The van der Waals surface area contributed by atoms with E-state index in [1.165, 1.54) is 11.5 Å². The first-order valence-electron chi connectivity index (χ1n) is 12.3. The largest absolute Gasteiger partial charge is 0.366 e. The summed E-state index contributed by atoms with van der Waals surface area (Å²) in [5.74, 6) is 1.19. The molecule has 0 unspecified atom stereocenters. The van der Waals surface area contributed by atoms with Crippen LogP contribution < -0.4 is 21.9 Å². The predicted octanol–water partition coefficient (Wildman–Crippen LogP) is 2.87. The Morgan fingerprint density at radius 1 is 0.972 bits per heavy atom. The van der Waals surface area contributed by atoms with Gasteiger partial charge >= 0.3 is 5.69 Å². The summed E-state index contributed by atoms with van der Waals surface area (Å²) < 4.78 is 3.10. The number of aromatic amines is 1. The lowest BCUT2D eigenvalue weighted by Gasteiger charge is -2.09. The number of H-pyrrole nitrogens is 1. The van der Waals surface area contributed by atoms with E-state index in [0.717, 1.165) is 42.4 Å². The first-order chi connectivity index (χ1) is 17.5. The topological polar surface area (TPSA) is 127 Å². The molecule has 10 heteroatoms. The lowest BCUT2D eigenvalue weighted by atomic mass is 10.1. The van der Waals surface area contributed by atoms with Gasteiger partial charge in [0.2, 0.25) is 5.91 Å². The Bertz CT molecular complexity index is 1560. The first-order valence-corrected chi connectivity index (χ1v) is 12.3. The lowest BCUT2D eigenvalue weighted by Crippen LogP contribution is -2.39. The summed E-state index contributed by atoms with van der Waals surface area (Å²) in [5.41, 5.74) is 3.16. The Hall–Kier alpha value is -4.21. The van der Waals surface area contributed by atoms with Crippen LogP contribution in [0.25, 0.3) is 22.6 Å². The number of carbonyl (C=O) groups excluding carboxylic acids is 1. The molecule has 0 spiro atoms. The molecule has 10 nitrogen and oxygen atoms in total. The highest BCUT2D eigenvalue weighted by molar-refractivity contribution is 5.76. The fraction of sp³-hybridized carbons (Fsp3) is 0.346. The third-order valence-electron chi connectivity index (χ3n) is 6.66. The quantitative estimate of drug-likeness (QED) is 0.352. The molecule has 1 aromatic carbocycles. The van der Waals surface area contributed by atoms with Crippen molar-refractivity contribution in [1.82, 2.24) is 29.4 Å². The summed E-state index contributed by atoms with van der Waals surface area (Å²) in [7, 11) is 0. The fourth-order valence-electron chi connectivity index (χ4n) is 4.39. The van der Waals surface area contributed by atoms with Crippen molar-refractivity contribution >= 4 is 22.9 Å². The molecular weight excluding hydrogens is 458 g/mol. The molecule has 0 atom stereocenters. The molecule has 2 saturated carbocycles. The number of pyridine rings is 1. The maximum absolute atomic E-state index is 13.1. The van der Waals surface area contributed by atoms with Gasteiger partial charge in [0, 0.05) is 43.9 Å². The van der Waals surface area contributed by atoms with Gasteiger partial charge in [-0.25, -0.2) is 14.8 Å². The van der Waals surface area contributed by atoms with E-state index in [1.54, 1.807) is 10.8 Å². The van der Waals surface area contributed by atoms with Gasteiger partial charge in [0.25, 0.3) is 5.56 Å². The number of carbonyl (C=O) groups is 1. The van der Waals surface area contributed by atoms with E-state index in [-0.39, 0.29) is 29.2 Å². The van der Waals surface area contributed by atoms with Crippen molar-refractivity contribution < 1.29 is 4.79 Å². The van der Waals surface area contributed by atoms with E-state index in [4.69, 9.17) is 0 Å². The maximum atomic E-state index is 13.1. The zero-order chi connectivity index (χ0) is 24.8. The summed E-state index contributed by atoms with van der Waals surface area (Å²) in [6, 6.07) is 11.9. The van der Waals surface area contributed by atoms with Gasteiger partial charge in [-0.3, -0.25) is 18.7 Å². The SMILES string of the molecule is CC(=O)NCc1ccc(CNc2ccc(-c3nc4c([nH]3)c(=O)n(C3CC3)c(=O)n4C3CC3)cn2)cc1. The highest BCUT2D eigenvalue weighted by Crippen LogP contribution is 2.37. The number of nitrogens with one attached hydrogen (secondary N) is 3. The van der Waals surface area contributed by atoms with Crippen molar-refractivity contribution in [2.45, 2.75) is 57.8 Å². The van der Waals surface area contributed by atoms with E-state index in [0.29, 0.717) is 35.9 Å². The molecule has 3 heterocycles. The minimum atomic E-state index is -0.289. The van der Waals surface area contributed by atoms with Crippen molar-refractivity contribution in [3.8, 4) is 11.4 Å². The van der Waals surface area contributed by atoms with Gasteiger partial charge in [-0.2, -0.15) is 0 Å². The van der Waals surface area contributed by atoms with Crippen LogP contribution >= 0.6 is 0 Å². The average Bonchev–Trinajstić information content (AvgIpc) is 3.81. The molecule has 36 heavy (non-hydrogen) atoms. The minimum absolute atomic E-state index is 0.00610. The number of benzene rings is 1. The van der Waals surface area contributed by atoms with Crippen LogP contribution in [-0.4, -0.2) is 30.0 Å². The van der Waals surface area contributed by atoms with Crippen LogP contribution in [0, 0.1) is 0 Å². The normalized spacial score (nSPS) is 15.2. The highest BCUT2D eigenvalue weighted by Gasteiger charge is 2.34. The smallest absolute Gasteiger partial charge is 0.333 e. The number of hydrogen-bond acceptors (Lipinski definition) is 6. The summed E-state index contributed by atoms with van der Waals surface area (Å²) in [6.45, 7) is 2.62. The summed E-state index contributed by atoms with van der Waals surface area (Å²) in [6.07, 6.45) is 5.30. The van der Waals surface area contributed by atoms with E-state index in [1.807, 2.05) is 36.4 Å². The molecule has 0 aliphatic heterocycles. The lowest BCUT2D eigenvalue weighted by molar-refractivity contribution is -0.119. The van der Waals surface area contributed by atoms with Crippen molar-refractivity contribution in [2.24, 2.45) is 0 Å². The molecule has 0 saturated heterocycles. The Kier molecular flexibility index (Phi) is 5.43. The Balaban J connectivity index is 1.20. The van der Waals surface area contributed by atoms with Gasteiger partial charge in [-0.1, -0.05) is 24.3 Å². The number of rotatable bonds is 8. The van der Waals surface area contributed by atoms with Gasteiger partial charge in [0.05, 0.1) is 0 Å². The van der Waals surface area contributed by atoms with E-state index in [2.05, 4.69) is 25.6 Å². The number of amides is 1. The van der Waals surface area contributed by atoms with Crippen molar-refractivity contribution in [3.05, 3.63) is 74.6 Å². The van der Waals surface area contributed by atoms with Crippen molar-refractivity contribution in [1.29, 1.82) is 0 Å². The molecule has 3 aromatic heterocycles. The summed E-state index contributed by atoms with van der Waals surface area (Å²) in [4.78, 5) is 49.5. The van der Waals surface area contributed by atoms with Crippen molar-refractivity contribution in [2.75, 3.05) is 5.32 Å². The second kappa shape index (κ2) is 8.78. The Labute approximate surface area is 206 Å². The fourth-order valence-corrected chi connectivity index (χ4v) is 4.39. The standard InChI is InChI=1S/C26H27N7O3/c1-15(34)27-12-16-2-4-17(5-3-16)13-28-21-11-6-18(14-29-21)23-30-22-24(31-23)32(19-7-8-19)26(36)33(25(22)35)20-9-10-20/h2-6,11,14,19-20H,7-10,12-13H2,1H3,(H,27,34)(H,28,29)(H,30,31). The van der Waals surface area contributed by atoms with Crippen LogP contribution in [0.1, 0.15) is 55.8 Å². The maximum Gasteiger partial charge on any atom is 0.333 e. The van der Waals surface area contributed by atoms with Crippen LogP contribution in [0.2, 0.25) is 0 Å². The number of aromatic nitrogens is 5. The summed E-state index contributed by atoms with van der Waals surface area (Å²) >= 11 is 0. The van der Waals surface area contributed by atoms with Gasteiger partial charge in [-0.05, 0) is 48.9 Å². The molecule has 1 amide bonds. The van der Waals surface area contributed by atoms with Crippen LogP contribution in [-0.2, 0) is 17.9 Å². The van der Waals surface area contributed by atoms with Gasteiger partial charge in [-0.15, -0.1) is 0 Å². The molecule has 0 radical (unpaired) electrons. The first kappa shape index (κ1) is 22.3. The van der Waals surface area contributed by atoms with Crippen LogP contribution in [0.15, 0.2) is 52.2 Å². The monoisotopic (exact) mass is 485 g/mol. The molecule has 2 aliphatic rings. The van der Waals surface area contributed by atoms with Crippen LogP contribution in [0.3, 0.4) is 0 Å². The van der Waals surface area contributed by atoms with Crippen LogP contribution in [0.4, 0.5) is 5.82 Å². The average molecular weight is 486 g/mol. The van der Waals surface area contributed by atoms with E-state index < -0.39 is 0 Å². The molecule has 4 aromatic rings. The molecule has 0 bridgehead atoms. The van der Waals surface area contributed by atoms with Crippen LogP contribution in [0.5, 0.6) is 0 Å². The molecule has 2 aliphatic carbocycles. The number of nitrogens with zero attached hydrogens (tertiary/aromatic N) is 4. The zero-order valence-corrected chi connectivity index (χ0v) is 20.0. The Morgan fingerprint density at radius 2 is 1.64 bits per heavy atom. The summed E-state index contributed by atoms with van der Waals surface area (Å²) in [5, 5.41) is 6.09. The molecule has 184 valence electrons. The van der Waals surface area contributed by atoms with Crippen molar-refractivity contribution in [3.63, 3.8) is 0 Å².